The smallest absolute Gasteiger partial charge is 0.223 e. The van der Waals surface area contributed by atoms with Crippen LogP contribution in [0.1, 0.15) is 39.5 Å². The van der Waals surface area contributed by atoms with Gasteiger partial charge in [0.05, 0.1) is 18.3 Å². The van der Waals surface area contributed by atoms with Crippen LogP contribution < -0.4 is 0 Å². The number of aliphatic hydroxyl groups is 1. The van der Waals surface area contributed by atoms with Crippen molar-refractivity contribution >= 4 is 5.91 Å². The Hall–Kier alpha value is -0.610. The van der Waals surface area contributed by atoms with Gasteiger partial charge in [-0.3, -0.25) is 4.79 Å². The van der Waals surface area contributed by atoms with Gasteiger partial charge in [-0.05, 0) is 32.6 Å². The van der Waals surface area contributed by atoms with E-state index in [1.165, 1.54) is 19.3 Å². The van der Waals surface area contributed by atoms with Crippen LogP contribution in [-0.2, 0) is 9.53 Å². The Labute approximate surface area is 103 Å². The topological polar surface area (TPSA) is 49.8 Å². The van der Waals surface area contributed by atoms with Crippen molar-refractivity contribution in [2.45, 2.75) is 51.2 Å². The van der Waals surface area contributed by atoms with Gasteiger partial charge >= 0.3 is 0 Å². The number of carbonyl (C=O) groups is 1. The Balaban J connectivity index is 1.91. The number of hydrogen-bond acceptors (Lipinski definition) is 3. The highest BCUT2D eigenvalue weighted by Crippen LogP contribution is 2.31. The van der Waals surface area contributed by atoms with Gasteiger partial charge in [0.15, 0.2) is 0 Å². The molecule has 0 aromatic heterocycles. The molecule has 2 aliphatic rings. The molecule has 98 valence electrons. The SMILES string of the molecule is CC1(C)CN(C(=O)CC2CCC2)CC(CO)O1. The van der Waals surface area contributed by atoms with Gasteiger partial charge in [-0.15, -0.1) is 0 Å². The molecule has 0 aromatic carbocycles. The summed E-state index contributed by atoms with van der Waals surface area (Å²) in [6, 6.07) is 0. The largest absolute Gasteiger partial charge is 0.394 e. The predicted molar refractivity (Wildman–Crippen MR) is 64.6 cm³/mol. The van der Waals surface area contributed by atoms with E-state index in [1.54, 1.807) is 0 Å². The molecule has 17 heavy (non-hydrogen) atoms. The second-order valence-corrected chi connectivity index (χ2v) is 5.96. The number of rotatable bonds is 3. The maximum atomic E-state index is 12.1. The molecule has 1 aliphatic carbocycles. The zero-order valence-electron chi connectivity index (χ0n) is 10.8. The minimum absolute atomic E-state index is 0.0172. The molecule has 2 fully saturated rings. The van der Waals surface area contributed by atoms with Gasteiger partial charge in [0.2, 0.25) is 5.91 Å². The molecule has 1 aliphatic heterocycles. The maximum Gasteiger partial charge on any atom is 0.223 e. The standard InChI is InChI=1S/C13H23NO3/c1-13(2)9-14(7-11(8-15)17-13)12(16)6-10-4-3-5-10/h10-11,15H,3-9H2,1-2H3. The molecular weight excluding hydrogens is 218 g/mol. The molecule has 1 amide bonds. The third-order valence-electron chi connectivity index (χ3n) is 3.73. The molecule has 1 unspecified atom stereocenters. The van der Waals surface area contributed by atoms with Crippen molar-refractivity contribution in [3.63, 3.8) is 0 Å². The molecular formula is C13H23NO3. The fourth-order valence-corrected chi connectivity index (χ4v) is 2.65. The first-order valence-electron chi connectivity index (χ1n) is 6.56. The monoisotopic (exact) mass is 241 g/mol. The summed E-state index contributed by atoms with van der Waals surface area (Å²) in [5.74, 6) is 0.825. The highest BCUT2D eigenvalue weighted by Gasteiger charge is 2.36. The summed E-state index contributed by atoms with van der Waals surface area (Å²) in [5.41, 5.74) is -0.346. The molecule has 0 aromatic rings. The lowest BCUT2D eigenvalue weighted by molar-refractivity contribution is -0.167. The van der Waals surface area contributed by atoms with Crippen molar-refractivity contribution in [3.8, 4) is 0 Å². The van der Waals surface area contributed by atoms with Crippen LogP contribution in [0, 0.1) is 5.92 Å². The Morgan fingerprint density at radius 1 is 1.47 bits per heavy atom. The number of nitrogens with zero attached hydrogens (tertiary/aromatic N) is 1. The second-order valence-electron chi connectivity index (χ2n) is 5.96. The van der Waals surface area contributed by atoms with E-state index in [9.17, 15) is 9.90 Å². The molecule has 1 heterocycles. The van der Waals surface area contributed by atoms with Gasteiger partial charge in [0.1, 0.15) is 0 Å². The zero-order chi connectivity index (χ0) is 12.5. The van der Waals surface area contributed by atoms with Gasteiger partial charge in [0, 0.05) is 19.5 Å². The zero-order valence-corrected chi connectivity index (χ0v) is 10.8. The van der Waals surface area contributed by atoms with Crippen molar-refractivity contribution in [1.29, 1.82) is 0 Å². The maximum absolute atomic E-state index is 12.1. The van der Waals surface area contributed by atoms with Gasteiger partial charge < -0.3 is 14.7 Å². The lowest BCUT2D eigenvalue weighted by Crippen LogP contribution is -2.55. The van der Waals surface area contributed by atoms with Crippen molar-refractivity contribution in [1.82, 2.24) is 4.90 Å². The van der Waals surface area contributed by atoms with Crippen molar-refractivity contribution < 1.29 is 14.6 Å². The Morgan fingerprint density at radius 2 is 2.18 bits per heavy atom. The van der Waals surface area contributed by atoms with E-state index in [1.807, 2.05) is 18.7 Å². The van der Waals surface area contributed by atoms with Crippen LogP contribution in [-0.4, -0.2) is 47.3 Å². The fourth-order valence-electron chi connectivity index (χ4n) is 2.65. The number of morpholine rings is 1. The third kappa shape index (κ3) is 3.19. The first kappa shape index (κ1) is 12.8. The summed E-state index contributed by atoms with van der Waals surface area (Å²) in [4.78, 5) is 14.0. The molecule has 4 heteroatoms. The molecule has 0 radical (unpaired) electrons. The highest BCUT2D eigenvalue weighted by molar-refractivity contribution is 5.76. The molecule has 1 saturated carbocycles. The Morgan fingerprint density at radius 3 is 2.71 bits per heavy atom. The van der Waals surface area contributed by atoms with Crippen LogP contribution >= 0.6 is 0 Å². The van der Waals surface area contributed by atoms with E-state index < -0.39 is 0 Å². The molecule has 0 spiro atoms. The van der Waals surface area contributed by atoms with Gasteiger partial charge in [-0.25, -0.2) is 0 Å². The first-order valence-corrected chi connectivity index (χ1v) is 6.56. The number of aliphatic hydroxyl groups excluding tert-OH is 1. The van der Waals surface area contributed by atoms with Crippen molar-refractivity contribution in [2.75, 3.05) is 19.7 Å². The lowest BCUT2D eigenvalue weighted by Gasteiger charge is -2.43. The van der Waals surface area contributed by atoms with E-state index in [-0.39, 0.29) is 24.2 Å². The summed E-state index contributed by atoms with van der Waals surface area (Å²) in [6.07, 6.45) is 4.11. The second kappa shape index (κ2) is 4.94. The first-order chi connectivity index (χ1) is 8.00. The lowest BCUT2D eigenvalue weighted by atomic mass is 9.82. The fraction of sp³-hybridized carbons (Fsp3) is 0.923. The summed E-state index contributed by atoms with van der Waals surface area (Å²) in [7, 11) is 0. The van der Waals surface area contributed by atoms with Crippen LogP contribution in [0.2, 0.25) is 0 Å². The van der Waals surface area contributed by atoms with Crippen LogP contribution in [0.25, 0.3) is 0 Å². The summed E-state index contributed by atoms with van der Waals surface area (Å²) < 4.78 is 5.70. The minimum Gasteiger partial charge on any atom is -0.394 e. The number of amides is 1. The highest BCUT2D eigenvalue weighted by atomic mass is 16.5. The van der Waals surface area contributed by atoms with Crippen LogP contribution in [0.4, 0.5) is 0 Å². The normalized spacial score (nSPS) is 28.9. The number of hydrogen-bond donors (Lipinski definition) is 1. The van der Waals surface area contributed by atoms with E-state index in [4.69, 9.17) is 4.74 Å². The number of ether oxygens (including phenoxy) is 1. The van der Waals surface area contributed by atoms with Gasteiger partial charge in [-0.1, -0.05) is 6.42 Å². The van der Waals surface area contributed by atoms with Crippen LogP contribution in [0.15, 0.2) is 0 Å². The van der Waals surface area contributed by atoms with Crippen molar-refractivity contribution in [2.24, 2.45) is 5.92 Å². The summed E-state index contributed by atoms with van der Waals surface area (Å²) in [5, 5.41) is 9.20. The van der Waals surface area contributed by atoms with Gasteiger partial charge in [-0.2, -0.15) is 0 Å². The quantitative estimate of drug-likeness (QED) is 0.807. The summed E-state index contributed by atoms with van der Waals surface area (Å²) in [6.45, 7) is 5.09. The predicted octanol–water partition coefficient (Wildman–Crippen LogP) is 1.17. The van der Waals surface area contributed by atoms with Crippen molar-refractivity contribution in [3.05, 3.63) is 0 Å². The molecule has 1 saturated heterocycles. The molecule has 4 nitrogen and oxygen atoms in total. The Bertz CT molecular complexity index is 286. The molecule has 1 atom stereocenters. The average molecular weight is 241 g/mol. The number of carbonyl (C=O) groups excluding carboxylic acids is 1. The third-order valence-corrected chi connectivity index (χ3v) is 3.73. The minimum atomic E-state index is -0.346. The summed E-state index contributed by atoms with van der Waals surface area (Å²) >= 11 is 0. The van der Waals surface area contributed by atoms with E-state index >= 15 is 0 Å². The van der Waals surface area contributed by atoms with Gasteiger partial charge in [0.25, 0.3) is 0 Å². The molecule has 0 bridgehead atoms. The average Bonchev–Trinajstić information content (AvgIpc) is 2.20. The molecule has 1 N–H and O–H groups in total. The molecule has 2 rings (SSSR count). The van der Waals surface area contributed by atoms with E-state index in [2.05, 4.69) is 0 Å². The van der Waals surface area contributed by atoms with E-state index in [0.717, 1.165) is 0 Å². The van der Waals surface area contributed by atoms with E-state index in [0.29, 0.717) is 25.4 Å². The van der Waals surface area contributed by atoms with Crippen LogP contribution in [0.5, 0.6) is 0 Å². The van der Waals surface area contributed by atoms with Crippen LogP contribution in [0.3, 0.4) is 0 Å². The Kier molecular flexibility index (Phi) is 3.73.